The molecular formula is C26H50O9. The first-order valence-corrected chi connectivity index (χ1v) is 13.7. The van der Waals surface area contributed by atoms with E-state index in [9.17, 15) is 25.2 Å². The lowest BCUT2D eigenvalue weighted by atomic mass is 10.0. The van der Waals surface area contributed by atoms with Gasteiger partial charge in [-0.15, -0.1) is 0 Å². The molecule has 0 aromatic heterocycles. The zero-order valence-electron chi connectivity index (χ0n) is 21.6. The smallest absolute Gasteiger partial charge is 0.306 e. The maximum atomic E-state index is 12.3. The quantitative estimate of drug-likeness (QED) is 0.110. The van der Waals surface area contributed by atoms with Crippen molar-refractivity contribution in [3.05, 3.63) is 0 Å². The van der Waals surface area contributed by atoms with Crippen molar-refractivity contribution in [2.75, 3.05) is 19.8 Å². The average Bonchev–Trinajstić information content (AvgIpc) is 3.39. The van der Waals surface area contributed by atoms with E-state index in [1.807, 2.05) is 0 Å². The average molecular weight is 507 g/mol. The molecule has 1 aliphatic heterocycles. The summed E-state index contributed by atoms with van der Waals surface area (Å²) in [7, 11) is 0. The van der Waals surface area contributed by atoms with Crippen LogP contribution in [-0.2, 0) is 19.0 Å². The summed E-state index contributed by atoms with van der Waals surface area (Å²) >= 11 is 0. The van der Waals surface area contributed by atoms with Crippen molar-refractivity contribution in [2.24, 2.45) is 0 Å². The molecule has 0 amide bonds. The summed E-state index contributed by atoms with van der Waals surface area (Å²) in [6, 6.07) is 0. The highest BCUT2D eigenvalue weighted by Gasteiger charge is 2.41. The van der Waals surface area contributed by atoms with Gasteiger partial charge in [0.15, 0.2) is 12.4 Å². The van der Waals surface area contributed by atoms with Gasteiger partial charge in [0.1, 0.15) is 18.3 Å². The molecule has 0 spiro atoms. The van der Waals surface area contributed by atoms with Gasteiger partial charge in [0.25, 0.3) is 0 Å². The van der Waals surface area contributed by atoms with Crippen molar-refractivity contribution in [1.82, 2.24) is 0 Å². The number of aliphatic hydroxyl groups is 5. The number of rotatable bonds is 22. The van der Waals surface area contributed by atoms with Gasteiger partial charge in [-0.25, -0.2) is 0 Å². The van der Waals surface area contributed by atoms with Gasteiger partial charge in [0, 0.05) is 6.42 Å². The lowest BCUT2D eigenvalue weighted by Gasteiger charge is -2.31. The largest absolute Gasteiger partial charge is 0.454 e. The van der Waals surface area contributed by atoms with Crippen LogP contribution in [0.15, 0.2) is 0 Å². The van der Waals surface area contributed by atoms with Crippen LogP contribution in [0.5, 0.6) is 0 Å². The number of hydrogen-bond acceptors (Lipinski definition) is 9. The Hall–Kier alpha value is -0.810. The number of carbonyl (C=O) groups is 1. The molecule has 5 atom stereocenters. The fourth-order valence-corrected chi connectivity index (χ4v) is 4.25. The van der Waals surface area contributed by atoms with E-state index in [1.165, 1.54) is 19.3 Å². The Bertz CT molecular complexity index is 513. The highest BCUT2D eigenvalue weighted by atomic mass is 16.7. The molecule has 1 aliphatic rings. The predicted octanol–water partition coefficient (Wildman–Crippen LogP) is 2.58. The van der Waals surface area contributed by atoms with Crippen molar-refractivity contribution < 1.29 is 44.5 Å². The normalized spacial score (nSPS) is 18.8. The van der Waals surface area contributed by atoms with E-state index in [2.05, 4.69) is 6.92 Å². The zero-order chi connectivity index (χ0) is 25.9. The molecule has 9 heteroatoms. The zero-order valence-corrected chi connectivity index (χ0v) is 21.6. The minimum Gasteiger partial charge on any atom is -0.454 e. The fraction of sp³-hybridized carbons (Fsp3) is 0.962. The van der Waals surface area contributed by atoms with E-state index in [1.54, 1.807) is 0 Å². The Morgan fingerprint density at radius 2 is 1.31 bits per heavy atom. The van der Waals surface area contributed by atoms with Gasteiger partial charge in [-0.05, 0) is 19.3 Å². The second kappa shape index (κ2) is 20.3. The van der Waals surface area contributed by atoms with Crippen molar-refractivity contribution in [2.45, 2.75) is 140 Å². The second-order valence-electron chi connectivity index (χ2n) is 9.67. The molecule has 1 unspecified atom stereocenters. The van der Waals surface area contributed by atoms with E-state index in [0.29, 0.717) is 6.42 Å². The van der Waals surface area contributed by atoms with Gasteiger partial charge in [-0.1, -0.05) is 77.6 Å². The summed E-state index contributed by atoms with van der Waals surface area (Å²) in [5.74, 6) is -0.535. The van der Waals surface area contributed by atoms with Crippen molar-refractivity contribution >= 4 is 5.97 Å². The van der Waals surface area contributed by atoms with E-state index in [-0.39, 0.29) is 25.7 Å². The van der Waals surface area contributed by atoms with Crippen LogP contribution < -0.4 is 0 Å². The molecule has 1 rings (SSSR count). The highest BCUT2D eigenvalue weighted by Crippen LogP contribution is 2.20. The number of aliphatic hydroxyl groups excluding tert-OH is 5. The molecule has 1 heterocycles. The Morgan fingerprint density at radius 1 is 0.800 bits per heavy atom. The highest BCUT2D eigenvalue weighted by molar-refractivity contribution is 5.69. The van der Waals surface area contributed by atoms with Crippen LogP contribution in [0, 0.1) is 0 Å². The molecule has 0 saturated carbocycles. The molecule has 0 aromatic rings. The molecule has 0 aliphatic carbocycles. The second-order valence-corrected chi connectivity index (χ2v) is 9.67. The van der Waals surface area contributed by atoms with Gasteiger partial charge in [0.2, 0.25) is 0 Å². The summed E-state index contributed by atoms with van der Waals surface area (Å²) in [5.41, 5.74) is 0. The molecule has 0 radical (unpaired) electrons. The third-order valence-corrected chi connectivity index (χ3v) is 6.51. The van der Waals surface area contributed by atoms with Crippen molar-refractivity contribution in [1.29, 1.82) is 0 Å². The fourth-order valence-electron chi connectivity index (χ4n) is 4.25. The SMILES string of the molecule is CCCCCCC(O)CCCCCCCCCCC(=O)O[C@@H](C1OCCO1)[C@@H](O)[C@@H](O)[C@H](O)CO. The molecule has 208 valence electrons. The van der Waals surface area contributed by atoms with Gasteiger partial charge in [0.05, 0.1) is 25.9 Å². The van der Waals surface area contributed by atoms with E-state index in [0.717, 1.165) is 64.2 Å². The van der Waals surface area contributed by atoms with Crippen LogP contribution in [0.25, 0.3) is 0 Å². The van der Waals surface area contributed by atoms with Crippen molar-refractivity contribution in [3.63, 3.8) is 0 Å². The van der Waals surface area contributed by atoms with Gasteiger partial charge in [-0.2, -0.15) is 0 Å². The third kappa shape index (κ3) is 14.5. The molecule has 0 bridgehead atoms. The van der Waals surface area contributed by atoms with Gasteiger partial charge < -0.3 is 39.7 Å². The summed E-state index contributed by atoms with van der Waals surface area (Å²) in [6.45, 7) is 1.98. The number of ether oxygens (including phenoxy) is 3. The van der Waals surface area contributed by atoms with E-state index >= 15 is 0 Å². The molecule has 35 heavy (non-hydrogen) atoms. The molecule has 1 fully saturated rings. The lowest BCUT2D eigenvalue weighted by molar-refractivity contribution is -0.210. The first kappa shape index (κ1) is 32.2. The maximum Gasteiger partial charge on any atom is 0.306 e. The monoisotopic (exact) mass is 506 g/mol. The van der Waals surface area contributed by atoms with E-state index in [4.69, 9.17) is 19.3 Å². The molecule has 0 aromatic carbocycles. The standard InChI is InChI=1S/C26H50O9/c1-2-3-4-11-14-20(28)15-12-9-7-5-6-8-10-13-16-22(30)35-25(26-33-17-18-34-26)24(32)23(31)21(29)19-27/h20-21,23-29,31-32H,2-19H2,1H3/t20?,21-,23+,24+,25-/m1/s1. The van der Waals surface area contributed by atoms with Crippen LogP contribution in [0.4, 0.5) is 0 Å². The Labute approximate surface area is 210 Å². The van der Waals surface area contributed by atoms with Crippen LogP contribution in [0.3, 0.4) is 0 Å². The first-order chi connectivity index (χ1) is 16.9. The van der Waals surface area contributed by atoms with Crippen LogP contribution in [0.1, 0.15) is 103 Å². The summed E-state index contributed by atoms with van der Waals surface area (Å²) in [4.78, 5) is 12.3. The number of unbranched alkanes of at least 4 members (excludes halogenated alkanes) is 10. The lowest BCUT2D eigenvalue weighted by Crippen LogP contribution is -2.52. The Morgan fingerprint density at radius 3 is 1.86 bits per heavy atom. The summed E-state index contributed by atoms with van der Waals surface area (Å²) < 4.78 is 15.9. The van der Waals surface area contributed by atoms with Crippen molar-refractivity contribution in [3.8, 4) is 0 Å². The van der Waals surface area contributed by atoms with Crippen LogP contribution in [0.2, 0.25) is 0 Å². The Balaban J connectivity index is 2.12. The number of carbonyl (C=O) groups excluding carboxylic acids is 1. The van der Waals surface area contributed by atoms with Gasteiger partial charge in [-0.3, -0.25) is 4.79 Å². The molecular weight excluding hydrogens is 456 g/mol. The molecule has 1 saturated heterocycles. The first-order valence-electron chi connectivity index (χ1n) is 13.7. The van der Waals surface area contributed by atoms with Crippen LogP contribution >= 0.6 is 0 Å². The van der Waals surface area contributed by atoms with Gasteiger partial charge >= 0.3 is 5.97 Å². The molecule has 5 N–H and O–H groups in total. The minimum absolute atomic E-state index is 0.151. The third-order valence-electron chi connectivity index (χ3n) is 6.51. The minimum atomic E-state index is -1.71. The summed E-state index contributed by atoms with van der Waals surface area (Å²) in [5, 5.41) is 48.9. The predicted molar refractivity (Wildman–Crippen MR) is 132 cm³/mol. The number of esters is 1. The maximum absolute atomic E-state index is 12.3. The Kier molecular flexibility index (Phi) is 18.7. The molecule has 9 nitrogen and oxygen atoms in total. The topological polar surface area (TPSA) is 146 Å². The van der Waals surface area contributed by atoms with Crippen LogP contribution in [-0.4, -0.2) is 88.1 Å². The summed E-state index contributed by atoms with van der Waals surface area (Å²) in [6.07, 6.45) is 7.58. The number of hydrogen-bond donors (Lipinski definition) is 5. The van der Waals surface area contributed by atoms with E-state index < -0.39 is 43.3 Å².